The Morgan fingerprint density at radius 1 is 0.441 bits per heavy atom. The van der Waals surface area contributed by atoms with Crippen molar-refractivity contribution in [3.63, 3.8) is 0 Å². The van der Waals surface area contributed by atoms with E-state index in [4.69, 9.17) is 33.6 Å². The van der Waals surface area contributed by atoms with E-state index in [1.165, 1.54) is 5.39 Å². The van der Waals surface area contributed by atoms with Crippen LogP contribution in [0.1, 0.15) is 0 Å². The van der Waals surface area contributed by atoms with Crippen LogP contribution in [-0.4, -0.2) is 24.3 Å². The van der Waals surface area contributed by atoms with Crippen LogP contribution in [0, 0.1) is 0 Å². The molecule has 0 saturated carbocycles. The molecule has 0 bridgehead atoms. The van der Waals surface area contributed by atoms with Gasteiger partial charge in [0.2, 0.25) is 0 Å². The Morgan fingerprint density at radius 2 is 1.02 bits per heavy atom. The summed E-state index contributed by atoms with van der Waals surface area (Å²) in [6.45, 7) is 0. The molecule has 0 aliphatic rings. The first-order valence-electron chi connectivity index (χ1n) is 19.3. The lowest BCUT2D eigenvalue weighted by Crippen LogP contribution is -2.25. The van der Waals surface area contributed by atoms with Crippen LogP contribution in [0.25, 0.3) is 60.4 Å². The Kier molecular flexibility index (Phi) is 8.69. The van der Waals surface area contributed by atoms with Crippen molar-refractivity contribution >= 4 is 117 Å². The van der Waals surface area contributed by atoms with Crippen LogP contribution in [0.2, 0.25) is 0 Å². The number of benzene rings is 6. The van der Waals surface area contributed by atoms with Gasteiger partial charge in [0, 0.05) is 70.1 Å². The highest BCUT2D eigenvalue weighted by Gasteiger charge is 2.27. The van der Waals surface area contributed by atoms with E-state index in [9.17, 15) is 0 Å². The summed E-state index contributed by atoms with van der Waals surface area (Å²) in [6.07, 6.45) is 9.31. The second-order valence-corrected chi connectivity index (χ2v) is 23.4. The number of rotatable bonds is 7. The second kappa shape index (κ2) is 14.3. The van der Waals surface area contributed by atoms with Crippen molar-refractivity contribution in [2.24, 2.45) is 0 Å². The van der Waals surface area contributed by atoms with Crippen molar-refractivity contribution in [2.45, 2.75) is 0 Å². The highest BCUT2D eigenvalue weighted by atomic mass is 32.4. The maximum atomic E-state index is 6.77. The zero-order valence-corrected chi connectivity index (χ0v) is 34.9. The van der Waals surface area contributed by atoms with Gasteiger partial charge in [-0.15, -0.1) is 0 Å². The van der Waals surface area contributed by atoms with Crippen LogP contribution in [0.15, 0.2) is 201 Å². The number of imidazole rings is 1. The number of pyridine rings is 4. The maximum absolute atomic E-state index is 6.77. The largest absolute Gasteiger partial charge is 0.291 e. The highest BCUT2D eigenvalue weighted by Crippen LogP contribution is 2.45. The number of hydrogen-bond acceptors (Lipinski definition) is 6. The van der Waals surface area contributed by atoms with Crippen LogP contribution in [0.5, 0.6) is 0 Å². The van der Waals surface area contributed by atoms with Gasteiger partial charge in [-0.3, -0.25) is 19.4 Å². The lowest BCUT2D eigenvalue weighted by molar-refractivity contribution is 1.32. The van der Waals surface area contributed by atoms with E-state index in [1.807, 2.05) is 43.1 Å². The summed E-state index contributed by atoms with van der Waals surface area (Å²) >= 11 is 13.4. The van der Waals surface area contributed by atoms with Crippen LogP contribution in [-0.2, 0) is 23.6 Å². The average molecular weight is 830 g/mol. The standard InChI is InChI=1S/C50H33N5P2S2/c58-56(38-23-27-51-28-24-38,39-25-29-52-30-26-39)40-17-22-47-48(32-40)55-49-42-19-16-35(31-34(42)15-20-44(49)43-13-7-8-14-45(43)50(55)54-47)46-21-18-41(33-53-46)57(59,36-9-3-1-4-10-36)37-11-5-2-6-12-37/h1-33H. The first kappa shape index (κ1) is 35.9. The van der Waals surface area contributed by atoms with Crippen molar-refractivity contribution in [1.82, 2.24) is 24.3 Å². The molecule has 9 heteroatoms. The summed E-state index contributed by atoms with van der Waals surface area (Å²) in [4.78, 5) is 19.0. The summed E-state index contributed by atoms with van der Waals surface area (Å²) in [7, 11) is 0. The third-order valence-electron chi connectivity index (χ3n) is 11.4. The zero-order valence-electron chi connectivity index (χ0n) is 31.5. The summed E-state index contributed by atoms with van der Waals surface area (Å²) in [5, 5.41) is 12.3. The Hall–Kier alpha value is -6.20. The minimum absolute atomic E-state index is 0.901. The average Bonchev–Trinajstić information content (AvgIpc) is 3.71. The first-order valence-corrected chi connectivity index (χ1v) is 24.9. The van der Waals surface area contributed by atoms with Gasteiger partial charge in [0.05, 0.1) is 22.2 Å². The molecule has 0 aliphatic heterocycles. The number of fused-ring (bicyclic) bond motifs is 10. The van der Waals surface area contributed by atoms with Crippen LogP contribution in [0.4, 0.5) is 0 Å². The number of nitrogens with zero attached hydrogens (tertiary/aromatic N) is 5. The molecule has 11 aromatic rings. The van der Waals surface area contributed by atoms with Gasteiger partial charge in [-0.2, -0.15) is 0 Å². The van der Waals surface area contributed by atoms with Crippen LogP contribution in [0.3, 0.4) is 0 Å². The summed E-state index contributed by atoms with van der Waals surface area (Å²) in [5.74, 6) is 0. The van der Waals surface area contributed by atoms with Crippen molar-refractivity contribution in [1.29, 1.82) is 0 Å². The molecule has 0 atom stereocenters. The van der Waals surface area contributed by atoms with Gasteiger partial charge < -0.3 is 0 Å². The van der Waals surface area contributed by atoms with Crippen LogP contribution < -0.4 is 31.8 Å². The fourth-order valence-corrected chi connectivity index (χ4v) is 15.8. The van der Waals surface area contributed by atoms with Gasteiger partial charge in [0.25, 0.3) is 0 Å². The smallest absolute Gasteiger partial charge is 0.146 e. The van der Waals surface area contributed by atoms with E-state index in [1.54, 1.807) is 0 Å². The van der Waals surface area contributed by atoms with Crippen LogP contribution >= 0.6 is 12.1 Å². The van der Waals surface area contributed by atoms with Crippen molar-refractivity contribution in [3.05, 3.63) is 201 Å². The Balaban J connectivity index is 1.10. The predicted octanol–water partition coefficient (Wildman–Crippen LogP) is 9.31. The van der Waals surface area contributed by atoms with E-state index in [0.29, 0.717) is 0 Å². The highest BCUT2D eigenvalue weighted by molar-refractivity contribution is 8.26. The van der Waals surface area contributed by atoms with Crippen molar-refractivity contribution in [2.75, 3.05) is 0 Å². The predicted molar refractivity (Wildman–Crippen MR) is 256 cm³/mol. The molecule has 0 fully saturated rings. The monoisotopic (exact) mass is 829 g/mol. The molecule has 11 rings (SSSR count). The number of aromatic nitrogens is 5. The quantitative estimate of drug-likeness (QED) is 0.118. The lowest BCUT2D eigenvalue weighted by Gasteiger charge is -2.24. The molecule has 59 heavy (non-hydrogen) atoms. The third-order valence-corrected chi connectivity index (χ3v) is 21.3. The van der Waals surface area contributed by atoms with Gasteiger partial charge in [-0.05, 0) is 91.9 Å². The summed E-state index contributed by atoms with van der Waals surface area (Å²) < 4.78 is 2.35. The van der Waals surface area contributed by atoms with Gasteiger partial charge in [-0.25, -0.2) is 4.98 Å². The minimum Gasteiger partial charge on any atom is -0.291 e. The van der Waals surface area contributed by atoms with Gasteiger partial charge in [0.15, 0.2) is 0 Å². The molecule has 0 N–H and O–H groups in total. The summed E-state index contributed by atoms with van der Waals surface area (Å²) in [5.41, 5.74) is 5.91. The van der Waals surface area contributed by atoms with Gasteiger partial charge in [-0.1, -0.05) is 139 Å². The Morgan fingerprint density at radius 3 is 1.66 bits per heavy atom. The number of hydrogen-bond donors (Lipinski definition) is 0. The molecule has 5 nitrogen and oxygen atoms in total. The maximum Gasteiger partial charge on any atom is 0.146 e. The fourth-order valence-electron chi connectivity index (χ4n) is 8.53. The zero-order chi connectivity index (χ0) is 39.6. The normalized spacial score (nSPS) is 12.2. The van der Waals surface area contributed by atoms with Crippen molar-refractivity contribution < 1.29 is 0 Å². The molecule has 0 saturated heterocycles. The van der Waals surface area contributed by atoms with Gasteiger partial charge >= 0.3 is 0 Å². The van der Waals surface area contributed by atoms with E-state index in [2.05, 4.69) is 172 Å². The Labute approximate surface area is 351 Å². The molecular weight excluding hydrogens is 797 g/mol. The van der Waals surface area contributed by atoms with E-state index >= 15 is 0 Å². The molecule has 280 valence electrons. The third kappa shape index (κ3) is 5.72. The molecule has 0 spiro atoms. The summed E-state index contributed by atoms with van der Waals surface area (Å²) in [6, 6.07) is 55.0. The van der Waals surface area contributed by atoms with E-state index in [0.717, 1.165) is 86.8 Å². The minimum atomic E-state index is -2.48. The topological polar surface area (TPSA) is 56.0 Å². The lowest BCUT2D eigenvalue weighted by atomic mass is 9.98. The SMILES string of the molecule is S=P(c1ccccc1)(c1ccccc1)c1ccc(-c2ccc3c(ccc4c5ccccc5c5nc6ccc(P(=S)(c7ccncc7)c7ccncc7)cc6n5c34)c2)nc1. The fraction of sp³-hybridized carbons (Fsp3) is 0. The first-order chi connectivity index (χ1) is 29.0. The second-order valence-electron chi connectivity index (χ2n) is 14.6. The molecule has 6 aromatic carbocycles. The molecule has 0 unspecified atom stereocenters. The van der Waals surface area contributed by atoms with Gasteiger partial charge in [0.1, 0.15) is 5.65 Å². The molecule has 5 heterocycles. The Bertz CT molecular complexity index is 3400. The molecular formula is C50H33N5P2S2. The molecule has 0 radical (unpaired) electrons. The molecule has 5 aromatic heterocycles. The molecule has 0 aliphatic carbocycles. The van der Waals surface area contributed by atoms with E-state index in [-0.39, 0.29) is 0 Å². The van der Waals surface area contributed by atoms with Crippen molar-refractivity contribution in [3.8, 4) is 11.3 Å². The molecule has 0 amide bonds. The van der Waals surface area contributed by atoms with E-state index < -0.39 is 12.1 Å².